The average Bonchev–Trinajstić information content (AvgIpc) is 3.38. The van der Waals surface area contributed by atoms with Crippen LogP contribution in [0.15, 0.2) is 60.7 Å². The van der Waals surface area contributed by atoms with Gasteiger partial charge in [0.1, 0.15) is 11.9 Å². The number of hydrogen-bond acceptors (Lipinski definition) is 4. The van der Waals surface area contributed by atoms with Crippen molar-refractivity contribution >= 4 is 11.8 Å². The highest BCUT2D eigenvalue weighted by atomic mass is 16.5. The van der Waals surface area contributed by atoms with E-state index in [1.54, 1.807) is 4.90 Å². The third-order valence-electron chi connectivity index (χ3n) is 7.01. The second-order valence-corrected chi connectivity index (χ2v) is 9.60. The van der Waals surface area contributed by atoms with Crippen LogP contribution in [0.5, 0.6) is 5.75 Å². The Hall–Kier alpha value is -2.86. The van der Waals surface area contributed by atoms with Gasteiger partial charge in [-0.1, -0.05) is 48.5 Å². The maximum atomic E-state index is 13.2. The van der Waals surface area contributed by atoms with Gasteiger partial charge in [0, 0.05) is 58.4 Å². The van der Waals surface area contributed by atoms with E-state index in [0.29, 0.717) is 32.5 Å². The lowest BCUT2D eigenvalue weighted by molar-refractivity contribution is -0.139. The van der Waals surface area contributed by atoms with Gasteiger partial charge in [-0.3, -0.25) is 9.59 Å². The van der Waals surface area contributed by atoms with E-state index in [1.807, 2.05) is 72.6 Å². The first kappa shape index (κ1) is 24.3. The Balaban J connectivity index is 1.38. The monoisotopic (exact) mass is 463 g/mol. The summed E-state index contributed by atoms with van der Waals surface area (Å²) in [4.78, 5) is 32.3. The minimum atomic E-state index is -0.0842. The van der Waals surface area contributed by atoms with Gasteiger partial charge in [0.25, 0.3) is 0 Å². The topological polar surface area (TPSA) is 53.1 Å². The average molecular weight is 464 g/mol. The van der Waals surface area contributed by atoms with Crippen LogP contribution in [0.25, 0.3) is 0 Å². The molecule has 2 amide bonds. The summed E-state index contributed by atoms with van der Waals surface area (Å²) in [5.74, 6) is 1.06. The molecule has 0 N–H and O–H groups in total. The molecule has 182 valence electrons. The zero-order chi connectivity index (χ0) is 23.8. The number of ether oxygens (including phenoxy) is 1. The minimum absolute atomic E-state index is 0.0320. The maximum Gasteiger partial charge on any atom is 0.223 e. The van der Waals surface area contributed by atoms with Crippen LogP contribution >= 0.6 is 0 Å². The van der Waals surface area contributed by atoms with Crippen LogP contribution in [0.1, 0.15) is 37.7 Å². The zero-order valence-electron chi connectivity index (χ0n) is 20.3. The third kappa shape index (κ3) is 6.83. The van der Waals surface area contributed by atoms with Crippen molar-refractivity contribution in [2.45, 2.75) is 44.8 Å². The van der Waals surface area contributed by atoms with Crippen molar-refractivity contribution < 1.29 is 14.3 Å². The summed E-state index contributed by atoms with van der Waals surface area (Å²) in [5.41, 5.74) is 1.11. The Labute approximate surface area is 203 Å². The lowest BCUT2D eigenvalue weighted by Crippen LogP contribution is -2.49. The van der Waals surface area contributed by atoms with E-state index in [0.717, 1.165) is 37.4 Å². The van der Waals surface area contributed by atoms with Gasteiger partial charge >= 0.3 is 0 Å². The summed E-state index contributed by atoms with van der Waals surface area (Å²) in [5, 5.41) is 0. The number of likely N-dealkylation sites (tertiary alicyclic amines) is 2. The Morgan fingerprint density at radius 1 is 0.971 bits per heavy atom. The SMILES string of the molecule is CN(Cc1ccccc1)C(=O)C[C@H]1CN(C(=O)CCN2CCCC2)CC[C@@H]1Oc1ccccc1. The van der Waals surface area contributed by atoms with Crippen LogP contribution in [-0.2, 0) is 16.1 Å². The molecule has 2 aromatic rings. The molecule has 0 unspecified atom stereocenters. The number of amides is 2. The molecule has 2 atom stereocenters. The Kier molecular flexibility index (Phi) is 8.58. The highest BCUT2D eigenvalue weighted by Crippen LogP contribution is 2.27. The van der Waals surface area contributed by atoms with Gasteiger partial charge in [-0.25, -0.2) is 0 Å². The summed E-state index contributed by atoms with van der Waals surface area (Å²) >= 11 is 0. The normalized spacial score (nSPS) is 20.8. The second kappa shape index (κ2) is 12.0. The molecular weight excluding hydrogens is 426 g/mol. The smallest absolute Gasteiger partial charge is 0.223 e. The first-order chi connectivity index (χ1) is 16.6. The summed E-state index contributed by atoms with van der Waals surface area (Å²) < 4.78 is 6.32. The fraction of sp³-hybridized carbons (Fsp3) is 0.500. The maximum absolute atomic E-state index is 13.2. The molecule has 0 bridgehead atoms. The third-order valence-corrected chi connectivity index (χ3v) is 7.01. The van der Waals surface area contributed by atoms with Gasteiger partial charge in [0.15, 0.2) is 0 Å². The van der Waals surface area contributed by atoms with Crippen molar-refractivity contribution in [1.29, 1.82) is 0 Å². The first-order valence-corrected chi connectivity index (χ1v) is 12.6. The molecule has 2 aromatic carbocycles. The highest BCUT2D eigenvalue weighted by molar-refractivity contribution is 5.78. The van der Waals surface area contributed by atoms with Gasteiger partial charge < -0.3 is 19.4 Å². The van der Waals surface area contributed by atoms with Crippen LogP contribution in [0.2, 0.25) is 0 Å². The second-order valence-electron chi connectivity index (χ2n) is 9.60. The molecular formula is C28H37N3O3. The van der Waals surface area contributed by atoms with Gasteiger partial charge in [0.05, 0.1) is 0 Å². The van der Waals surface area contributed by atoms with E-state index in [9.17, 15) is 9.59 Å². The van der Waals surface area contributed by atoms with Crippen molar-refractivity contribution in [2.24, 2.45) is 5.92 Å². The van der Waals surface area contributed by atoms with Crippen molar-refractivity contribution in [3.8, 4) is 5.75 Å². The standard InChI is InChI=1S/C28H37N3O3/c1-29(21-23-10-4-2-5-11-23)28(33)20-24-22-31(27(32)15-18-30-16-8-9-17-30)19-14-26(24)34-25-12-6-3-7-13-25/h2-7,10-13,24,26H,8-9,14-22H2,1H3/t24-,26-/m0/s1. The number of rotatable bonds is 9. The number of carbonyl (C=O) groups excluding carboxylic acids is 2. The molecule has 0 aromatic heterocycles. The fourth-order valence-electron chi connectivity index (χ4n) is 5.01. The molecule has 0 spiro atoms. The molecule has 2 aliphatic heterocycles. The molecule has 6 nitrogen and oxygen atoms in total. The van der Waals surface area contributed by atoms with Crippen molar-refractivity contribution in [1.82, 2.24) is 14.7 Å². The predicted octanol–water partition coefficient (Wildman–Crippen LogP) is 3.82. The fourth-order valence-corrected chi connectivity index (χ4v) is 5.01. The molecule has 2 fully saturated rings. The molecule has 2 heterocycles. The summed E-state index contributed by atoms with van der Waals surface area (Å²) in [7, 11) is 1.85. The molecule has 2 aliphatic rings. The molecule has 4 rings (SSSR count). The van der Waals surface area contributed by atoms with Crippen LogP contribution in [0.4, 0.5) is 0 Å². The van der Waals surface area contributed by atoms with E-state index in [4.69, 9.17) is 4.74 Å². The molecule has 0 radical (unpaired) electrons. The first-order valence-electron chi connectivity index (χ1n) is 12.6. The Morgan fingerprint density at radius 3 is 2.35 bits per heavy atom. The number of para-hydroxylation sites is 1. The van der Waals surface area contributed by atoms with Crippen LogP contribution in [-0.4, -0.2) is 72.4 Å². The molecule has 0 saturated carbocycles. The van der Waals surface area contributed by atoms with Crippen LogP contribution < -0.4 is 4.74 Å². The van der Waals surface area contributed by atoms with Crippen molar-refractivity contribution in [3.63, 3.8) is 0 Å². The van der Waals surface area contributed by atoms with Gasteiger partial charge in [-0.2, -0.15) is 0 Å². The van der Waals surface area contributed by atoms with Crippen molar-refractivity contribution in [2.75, 3.05) is 39.8 Å². The predicted molar refractivity (Wildman–Crippen MR) is 133 cm³/mol. The lowest BCUT2D eigenvalue weighted by atomic mass is 9.90. The number of carbonyl (C=O) groups is 2. The van der Waals surface area contributed by atoms with E-state index in [1.165, 1.54) is 12.8 Å². The Morgan fingerprint density at radius 2 is 1.65 bits per heavy atom. The lowest BCUT2D eigenvalue weighted by Gasteiger charge is -2.39. The van der Waals surface area contributed by atoms with Crippen molar-refractivity contribution in [3.05, 3.63) is 66.2 Å². The molecule has 2 saturated heterocycles. The number of nitrogens with zero attached hydrogens (tertiary/aromatic N) is 3. The Bertz CT molecular complexity index is 915. The molecule has 6 heteroatoms. The summed E-state index contributed by atoms with van der Waals surface area (Å²) in [6.45, 7) is 4.87. The number of hydrogen-bond donors (Lipinski definition) is 0. The van der Waals surface area contributed by atoms with E-state index in [-0.39, 0.29) is 23.8 Å². The van der Waals surface area contributed by atoms with E-state index < -0.39 is 0 Å². The highest BCUT2D eigenvalue weighted by Gasteiger charge is 2.35. The molecule has 34 heavy (non-hydrogen) atoms. The minimum Gasteiger partial charge on any atom is -0.490 e. The van der Waals surface area contributed by atoms with Crippen LogP contribution in [0, 0.1) is 5.92 Å². The van der Waals surface area contributed by atoms with Crippen LogP contribution in [0.3, 0.4) is 0 Å². The van der Waals surface area contributed by atoms with E-state index in [2.05, 4.69) is 4.90 Å². The van der Waals surface area contributed by atoms with E-state index >= 15 is 0 Å². The largest absolute Gasteiger partial charge is 0.490 e. The van der Waals surface area contributed by atoms with Gasteiger partial charge in [-0.05, 0) is 43.6 Å². The summed E-state index contributed by atoms with van der Waals surface area (Å²) in [6, 6.07) is 19.8. The number of piperidine rings is 1. The van der Waals surface area contributed by atoms with Gasteiger partial charge in [0.2, 0.25) is 11.8 Å². The number of benzene rings is 2. The summed E-state index contributed by atoms with van der Waals surface area (Å²) in [6.07, 6.45) is 4.05. The zero-order valence-corrected chi connectivity index (χ0v) is 20.3. The molecule has 0 aliphatic carbocycles. The van der Waals surface area contributed by atoms with Gasteiger partial charge in [-0.15, -0.1) is 0 Å². The quantitative estimate of drug-likeness (QED) is 0.567.